The zero-order chi connectivity index (χ0) is 16.0. The minimum atomic E-state index is -3.42. The van der Waals surface area contributed by atoms with Gasteiger partial charge in [0.1, 0.15) is 0 Å². The summed E-state index contributed by atoms with van der Waals surface area (Å²) in [5, 5.41) is 3.25. The van der Waals surface area contributed by atoms with E-state index in [9.17, 15) is 8.42 Å². The summed E-state index contributed by atoms with van der Waals surface area (Å²) in [6.07, 6.45) is 0. The molecule has 0 aromatic heterocycles. The lowest BCUT2D eigenvalue weighted by molar-refractivity contribution is 0.380. The van der Waals surface area contributed by atoms with Gasteiger partial charge in [0.15, 0.2) is 0 Å². The molecule has 0 atom stereocenters. The van der Waals surface area contributed by atoms with Gasteiger partial charge in [-0.3, -0.25) is 0 Å². The maximum absolute atomic E-state index is 12.9. The van der Waals surface area contributed by atoms with Gasteiger partial charge in [-0.05, 0) is 36.6 Å². The Morgan fingerprint density at radius 1 is 1.24 bits per heavy atom. The van der Waals surface area contributed by atoms with Crippen LogP contribution >= 0.6 is 0 Å². The van der Waals surface area contributed by atoms with E-state index in [-0.39, 0.29) is 0 Å². The Hall–Kier alpha value is -0.910. The highest BCUT2D eigenvalue weighted by molar-refractivity contribution is 7.89. The topological polar surface area (TPSA) is 49.4 Å². The molecular weight excluding hydrogens is 284 g/mol. The molecule has 5 heteroatoms. The normalized spacial score (nSPS) is 12.3. The predicted molar refractivity (Wildman–Crippen MR) is 87.8 cm³/mol. The third-order valence-electron chi connectivity index (χ3n) is 3.50. The number of sulfonamides is 1. The van der Waals surface area contributed by atoms with E-state index in [1.54, 1.807) is 10.4 Å². The second kappa shape index (κ2) is 7.92. The summed E-state index contributed by atoms with van der Waals surface area (Å²) in [7, 11) is -3.42. The standard InChI is InChI=1S/C16H28N2O2S/c1-6-17-11-15-9-8-10-16(14(15)5)21(19,20)18(7-2)12-13(3)4/h8-10,13,17H,6-7,11-12H2,1-5H3. The van der Waals surface area contributed by atoms with Gasteiger partial charge in [0.05, 0.1) is 4.90 Å². The summed E-state index contributed by atoms with van der Waals surface area (Å²) in [5.41, 5.74) is 1.89. The van der Waals surface area contributed by atoms with Crippen molar-refractivity contribution in [1.29, 1.82) is 0 Å². The summed E-state index contributed by atoms with van der Waals surface area (Å²) in [6, 6.07) is 5.52. The fraction of sp³-hybridized carbons (Fsp3) is 0.625. The summed E-state index contributed by atoms with van der Waals surface area (Å²) >= 11 is 0. The largest absolute Gasteiger partial charge is 0.313 e. The van der Waals surface area contributed by atoms with Gasteiger partial charge in [-0.25, -0.2) is 8.42 Å². The zero-order valence-electron chi connectivity index (χ0n) is 13.8. The van der Waals surface area contributed by atoms with E-state index in [1.165, 1.54) is 0 Å². The Labute approximate surface area is 129 Å². The van der Waals surface area contributed by atoms with Crippen LogP contribution in [0.3, 0.4) is 0 Å². The van der Waals surface area contributed by atoms with Crippen LogP contribution < -0.4 is 5.32 Å². The lowest BCUT2D eigenvalue weighted by Crippen LogP contribution is -2.34. The summed E-state index contributed by atoms with van der Waals surface area (Å²) in [4.78, 5) is 0.431. The van der Waals surface area contributed by atoms with Crippen LogP contribution in [0.15, 0.2) is 23.1 Å². The molecule has 0 aliphatic heterocycles. The Kier molecular flexibility index (Phi) is 6.84. The summed E-state index contributed by atoms with van der Waals surface area (Å²) in [6.45, 7) is 12.5. The van der Waals surface area contributed by atoms with Crippen LogP contribution in [0.25, 0.3) is 0 Å². The smallest absolute Gasteiger partial charge is 0.243 e. The van der Waals surface area contributed by atoms with Gasteiger partial charge < -0.3 is 5.32 Å². The Morgan fingerprint density at radius 2 is 1.90 bits per heavy atom. The molecule has 0 unspecified atom stereocenters. The van der Waals surface area contributed by atoms with Crippen LogP contribution in [0.2, 0.25) is 0 Å². The second-order valence-electron chi connectivity index (χ2n) is 5.67. The first-order valence-corrected chi connectivity index (χ1v) is 9.07. The highest BCUT2D eigenvalue weighted by atomic mass is 32.2. The maximum atomic E-state index is 12.9. The monoisotopic (exact) mass is 312 g/mol. The van der Waals surface area contributed by atoms with Crippen molar-refractivity contribution in [3.63, 3.8) is 0 Å². The van der Waals surface area contributed by atoms with Crippen LogP contribution in [-0.4, -0.2) is 32.4 Å². The number of nitrogens with zero attached hydrogens (tertiary/aromatic N) is 1. The van der Waals surface area contributed by atoms with Gasteiger partial charge in [-0.1, -0.05) is 39.8 Å². The van der Waals surface area contributed by atoms with Gasteiger partial charge in [0.25, 0.3) is 0 Å². The SMILES string of the molecule is CCNCc1cccc(S(=O)(=O)N(CC)CC(C)C)c1C. The molecule has 1 aromatic rings. The zero-order valence-corrected chi connectivity index (χ0v) is 14.6. The van der Waals surface area contributed by atoms with Gasteiger partial charge in [0, 0.05) is 19.6 Å². The van der Waals surface area contributed by atoms with Crippen molar-refractivity contribution in [3.8, 4) is 0 Å². The first kappa shape index (κ1) is 18.1. The molecule has 0 aliphatic carbocycles. The molecule has 1 rings (SSSR count). The molecule has 21 heavy (non-hydrogen) atoms. The molecule has 0 saturated carbocycles. The molecule has 0 bridgehead atoms. The quantitative estimate of drug-likeness (QED) is 0.803. The van der Waals surface area contributed by atoms with Crippen molar-refractivity contribution in [1.82, 2.24) is 9.62 Å². The lowest BCUT2D eigenvalue weighted by atomic mass is 10.1. The molecular formula is C16H28N2O2S. The first-order valence-electron chi connectivity index (χ1n) is 7.63. The van der Waals surface area contributed by atoms with Gasteiger partial charge >= 0.3 is 0 Å². The predicted octanol–water partition coefficient (Wildman–Crippen LogP) is 2.77. The van der Waals surface area contributed by atoms with Crippen molar-refractivity contribution in [2.45, 2.75) is 46.1 Å². The van der Waals surface area contributed by atoms with Crippen LogP contribution in [0.1, 0.15) is 38.8 Å². The van der Waals surface area contributed by atoms with E-state index < -0.39 is 10.0 Å². The van der Waals surface area contributed by atoms with Crippen molar-refractivity contribution in [3.05, 3.63) is 29.3 Å². The second-order valence-corrected chi connectivity index (χ2v) is 7.58. The minimum absolute atomic E-state index is 0.310. The number of hydrogen-bond acceptors (Lipinski definition) is 3. The Bertz CT molecular complexity index is 553. The van der Waals surface area contributed by atoms with E-state index in [0.29, 0.717) is 30.4 Å². The Morgan fingerprint density at radius 3 is 2.43 bits per heavy atom. The molecule has 0 aliphatic rings. The lowest BCUT2D eigenvalue weighted by Gasteiger charge is -2.24. The van der Waals surface area contributed by atoms with Crippen LogP contribution in [0.5, 0.6) is 0 Å². The third kappa shape index (κ3) is 4.53. The molecule has 120 valence electrons. The van der Waals surface area contributed by atoms with Gasteiger partial charge in [-0.2, -0.15) is 4.31 Å². The third-order valence-corrected chi connectivity index (χ3v) is 5.59. The van der Waals surface area contributed by atoms with Crippen LogP contribution in [0, 0.1) is 12.8 Å². The number of rotatable bonds is 8. The molecule has 0 fully saturated rings. The molecule has 0 heterocycles. The molecule has 0 amide bonds. The number of hydrogen-bond donors (Lipinski definition) is 1. The van der Waals surface area contributed by atoms with Crippen molar-refractivity contribution in [2.24, 2.45) is 5.92 Å². The maximum Gasteiger partial charge on any atom is 0.243 e. The molecule has 1 N–H and O–H groups in total. The van der Waals surface area contributed by atoms with Gasteiger partial charge in [0.2, 0.25) is 10.0 Å². The van der Waals surface area contributed by atoms with Crippen molar-refractivity contribution >= 4 is 10.0 Å². The van der Waals surface area contributed by atoms with Crippen LogP contribution in [-0.2, 0) is 16.6 Å². The van der Waals surface area contributed by atoms with E-state index in [0.717, 1.165) is 17.7 Å². The van der Waals surface area contributed by atoms with Gasteiger partial charge in [-0.15, -0.1) is 0 Å². The molecule has 0 saturated heterocycles. The summed E-state index contributed by atoms with van der Waals surface area (Å²) in [5.74, 6) is 0.310. The summed E-state index contributed by atoms with van der Waals surface area (Å²) < 4.78 is 27.3. The number of nitrogens with one attached hydrogen (secondary N) is 1. The van der Waals surface area contributed by atoms with Crippen molar-refractivity contribution in [2.75, 3.05) is 19.6 Å². The Balaban J connectivity index is 3.18. The first-order chi connectivity index (χ1) is 9.84. The molecule has 0 spiro atoms. The van der Waals surface area contributed by atoms with Crippen LogP contribution in [0.4, 0.5) is 0 Å². The van der Waals surface area contributed by atoms with E-state index in [2.05, 4.69) is 5.32 Å². The average Bonchev–Trinajstić information content (AvgIpc) is 2.43. The average molecular weight is 312 g/mol. The fourth-order valence-corrected chi connectivity index (χ4v) is 4.22. The van der Waals surface area contributed by atoms with E-state index >= 15 is 0 Å². The molecule has 4 nitrogen and oxygen atoms in total. The highest BCUT2D eigenvalue weighted by Crippen LogP contribution is 2.23. The highest BCUT2D eigenvalue weighted by Gasteiger charge is 2.25. The van der Waals surface area contributed by atoms with Crippen molar-refractivity contribution < 1.29 is 8.42 Å². The van der Waals surface area contributed by atoms with E-state index in [1.807, 2.05) is 46.8 Å². The molecule has 0 radical (unpaired) electrons. The number of benzene rings is 1. The molecule has 1 aromatic carbocycles. The van der Waals surface area contributed by atoms with E-state index in [4.69, 9.17) is 0 Å². The fourth-order valence-electron chi connectivity index (χ4n) is 2.33. The minimum Gasteiger partial charge on any atom is -0.313 e.